The number of benzene rings is 1. The highest BCUT2D eigenvalue weighted by Gasteiger charge is 2.28. The van der Waals surface area contributed by atoms with Crippen molar-refractivity contribution in [3.8, 4) is 5.75 Å². The molecule has 4 heteroatoms. The molecule has 4 nitrogen and oxygen atoms in total. The predicted molar refractivity (Wildman–Crippen MR) is 73.4 cm³/mol. The van der Waals surface area contributed by atoms with Crippen molar-refractivity contribution in [3.05, 3.63) is 29.8 Å². The molecule has 1 heterocycles. The van der Waals surface area contributed by atoms with Crippen molar-refractivity contribution in [2.45, 2.75) is 38.8 Å². The number of aliphatic hydroxyl groups excluding tert-OH is 1. The minimum absolute atomic E-state index is 0.0224. The molecule has 1 amide bonds. The molecule has 1 aromatic rings. The van der Waals surface area contributed by atoms with E-state index in [1.54, 1.807) is 17.0 Å². The summed E-state index contributed by atoms with van der Waals surface area (Å²) in [5, 5.41) is 9.29. The fourth-order valence-electron chi connectivity index (χ4n) is 2.43. The van der Waals surface area contributed by atoms with Gasteiger partial charge in [-0.05, 0) is 44.9 Å². The first kappa shape index (κ1) is 13.9. The number of carbonyl (C=O) groups excluding carboxylic acids is 1. The first-order valence-corrected chi connectivity index (χ1v) is 6.80. The molecule has 0 bridgehead atoms. The molecule has 1 aliphatic heterocycles. The molecule has 104 valence electrons. The van der Waals surface area contributed by atoms with E-state index in [0.717, 1.165) is 19.4 Å². The van der Waals surface area contributed by atoms with E-state index in [0.29, 0.717) is 11.3 Å². The van der Waals surface area contributed by atoms with Crippen molar-refractivity contribution < 1.29 is 14.6 Å². The van der Waals surface area contributed by atoms with Crippen molar-refractivity contribution in [2.24, 2.45) is 0 Å². The van der Waals surface area contributed by atoms with E-state index >= 15 is 0 Å². The van der Waals surface area contributed by atoms with Gasteiger partial charge in [0.05, 0.1) is 18.8 Å². The zero-order valence-corrected chi connectivity index (χ0v) is 11.5. The summed E-state index contributed by atoms with van der Waals surface area (Å²) in [7, 11) is 0. The summed E-state index contributed by atoms with van der Waals surface area (Å²) in [5.74, 6) is 0.686. The van der Waals surface area contributed by atoms with Crippen LogP contribution in [-0.2, 0) is 0 Å². The van der Waals surface area contributed by atoms with Gasteiger partial charge in [-0.15, -0.1) is 0 Å². The first-order valence-electron chi connectivity index (χ1n) is 6.80. The monoisotopic (exact) mass is 263 g/mol. The Hall–Kier alpha value is -1.55. The highest BCUT2D eigenvalue weighted by molar-refractivity contribution is 5.95. The number of hydrogen-bond acceptors (Lipinski definition) is 3. The Balaban J connectivity index is 2.14. The van der Waals surface area contributed by atoms with Crippen molar-refractivity contribution in [3.63, 3.8) is 0 Å². The van der Waals surface area contributed by atoms with Gasteiger partial charge in [0.25, 0.3) is 5.91 Å². The average molecular weight is 263 g/mol. The third-order valence-corrected chi connectivity index (χ3v) is 3.30. The minimum Gasteiger partial charge on any atom is -0.491 e. The van der Waals surface area contributed by atoms with Gasteiger partial charge in [-0.2, -0.15) is 0 Å². The third-order valence-electron chi connectivity index (χ3n) is 3.30. The molecule has 1 saturated heterocycles. The lowest BCUT2D eigenvalue weighted by molar-refractivity contribution is 0.0677. The normalized spacial score (nSPS) is 18.9. The van der Waals surface area contributed by atoms with Crippen LogP contribution in [0.15, 0.2) is 24.3 Å². The maximum absolute atomic E-state index is 12.4. The SMILES string of the molecule is CC(C)Oc1cccc(C(=O)N2CCCC2CO)c1. The van der Waals surface area contributed by atoms with Gasteiger partial charge in [0.1, 0.15) is 5.75 Å². The van der Waals surface area contributed by atoms with E-state index in [4.69, 9.17) is 4.74 Å². The second-order valence-electron chi connectivity index (χ2n) is 5.17. The molecule has 1 unspecified atom stereocenters. The van der Waals surface area contributed by atoms with Crippen molar-refractivity contribution in [1.82, 2.24) is 4.90 Å². The number of hydrogen-bond donors (Lipinski definition) is 1. The van der Waals surface area contributed by atoms with Crippen LogP contribution in [0.1, 0.15) is 37.0 Å². The Labute approximate surface area is 114 Å². The molecule has 0 saturated carbocycles. The van der Waals surface area contributed by atoms with Gasteiger partial charge in [0.15, 0.2) is 0 Å². The maximum atomic E-state index is 12.4. The summed E-state index contributed by atoms with van der Waals surface area (Å²) >= 11 is 0. The zero-order valence-electron chi connectivity index (χ0n) is 11.5. The van der Waals surface area contributed by atoms with E-state index in [1.165, 1.54) is 0 Å². The quantitative estimate of drug-likeness (QED) is 0.904. The van der Waals surface area contributed by atoms with Crippen LogP contribution < -0.4 is 4.74 Å². The van der Waals surface area contributed by atoms with Gasteiger partial charge in [-0.3, -0.25) is 4.79 Å². The summed E-state index contributed by atoms with van der Waals surface area (Å²) in [6.07, 6.45) is 1.92. The molecule has 0 aliphatic carbocycles. The van der Waals surface area contributed by atoms with E-state index < -0.39 is 0 Å². The zero-order chi connectivity index (χ0) is 13.8. The smallest absolute Gasteiger partial charge is 0.254 e. The van der Waals surface area contributed by atoms with Crippen LogP contribution in [-0.4, -0.2) is 41.2 Å². The van der Waals surface area contributed by atoms with Gasteiger partial charge in [0, 0.05) is 12.1 Å². The number of rotatable bonds is 4. The molecule has 2 rings (SSSR count). The molecule has 1 fully saturated rings. The second kappa shape index (κ2) is 6.06. The highest BCUT2D eigenvalue weighted by atomic mass is 16.5. The Morgan fingerprint density at radius 1 is 1.53 bits per heavy atom. The van der Waals surface area contributed by atoms with E-state index in [1.807, 2.05) is 26.0 Å². The lowest BCUT2D eigenvalue weighted by Crippen LogP contribution is -2.37. The number of ether oxygens (including phenoxy) is 1. The molecule has 1 aromatic carbocycles. The Morgan fingerprint density at radius 2 is 2.32 bits per heavy atom. The summed E-state index contributed by atoms with van der Waals surface area (Å²) in [6.45, 7) is 4.67. The van der Waals surface area contributed by atoms with Crippen LogP contribution in [0.4, 0.5) is 0 Å². The van der Waals surface area contributed by atoms with Crippen LogP contribution in [0.25, 0.3) is 0 Å². The topological polar surface area (TPSA) is 49.8 Å². The van der Waals surface area contributed by atoms with Crippen LogP contribution in [0.2, 0.25) is 0 Å². The van der Waals surface area contributed by atoms with Crippen molar-refractivity contribution >= 4 is 5.91 Å². The fourth-order valence-corrected chi connectivity index (χ4v) is 2.43. The van der Waals surface area contributed by atoms with E-state index in [-0.39, 0.29) is 24.7 Å². The maximum Gasteiger partial charge on any atom is 0.254 e. The molecule has 0 radical (unpaired) electrons. The van der Waals surface area contributed by atoms with Crippen LogP contribution in [0.5, 0.6) is 5.75 Å². The number of likely N-dealkylation sites (tertiary alicyclic amines) is 1. The lowest BCUT2D eigenvalue weighted by atomic mass is 10.1. The van der Waals surface area contributed by atoms with E-state index in [9.17, 15) is 9.90 Å². The van der Waals surface area contributed by atoms with Crippen molar-refractivity contribution in [2.75, 3.05) is 13.2 Å². The van der Waals surface area contributed by atoms with Crippen LogP contribution in [0, 0.1) is 0 Å². The van der Waals surface area contributed by atoms with E-state index in [2.05, 4.69) is 0 Å². The second-order valence-corrected chi connectivity index (χ2v) is 5.17. The van der Waals surface area contributed by atoms with Gasteiger partial charge >= 0.3 is 0 Å². The minimum atomic E-state index is -0.0397. The largest absolute Gasteiger partial charge is 0.491 e. The predicted octanol–water partition coefficient (Wildman–Crippen LogP) is 2.07. The molecular formula is C15H21NO3. The number of aliphatic hydroxyl groups is 1. The summed E-state index contributed by atoms with van der Waals surface area (Å²) < 4.78 is 5.60. The first-order chi connectivity index (χ1) is 9.11. The molecular weight excluding hydrogens is 242 g/mol. The lowest BCUT2D eigenvalue weighted by Gasteiger charge is -2.23. The standard InChI is InChI=1S/C15H21NO3/c1-11(2)19-14-7-3-5-12(9-14)15(18)16-8-4-6-13(16)10-17/h3,5,7,9,11,13,17H,4,6,8,10H2,1-2H3. The fraction of sp³-hybridized carbons (Fsp3) is 0.533. The van der Waals surface area contributed by atoms with Gasteiger partial charge in [-0.1, -0.05) is 6.07 Å². The average Bonchev–Trinajstić information content (AvgIpc) is 2.85. The van der Waals surface area contributed by atoms with Crippen LogP contribution >= 0.6 is 0 Å². The molecule has 1 atom stereocenters. The molecule has 0 aromatic heterocycles. The Kier molecular flexibility index (Phi) is 4.43. The molecule has 0 spiro atoms. The Bertz CT molecular complexity index is 445. The number of amides is 1. The number of nitrogens with zero attached hydrogens (tertiary/aromatic N) is 1. The third kappa shape index (κ3) is 3.26. The summed E-state index contributed by atoms with van der Waals surface area (Å²) in [4.78, 5) is 14.2. The molecule has 1 N–H and O–H groups in total. The summed E-state index contributed by atoms with van der Waals surface area (Å²) in [5.41, 5.74) is 0.624. The van der Waals surface area contributed by atoms with Gasteiger partial charge in [-0.25, -0.2) is 0 Å². The van der Waals surface area contributed by atoms with Crippen molar-refractivity contribution in [1.29, 1.82) is 0 Å². The van der Waals surface area contributed by atoms with Gasteiger partial charge < -0.3 is 14.7 Å². The van der Waals surface area contributed by atoms with Crippen LogP contribution in [0.3, 0.4) is 0 Å². The number of carbonyl (C=O) groups is 1. The molecule has 19 heavy (non-hydrogen) atoms. The highest BCUT2D eigenvalue weighted by Crippen LogP contribution is 2.22. The summed E-state index contributed by atoms with van der Waals surface area (Å²) in [6, 6.07) is 7.21. The molecule has 1 aliphatic rings. The van der Waals surface area contributed by atoms with Gasteiger partial charge in [0.2, 0.25) is 0 Å². The Morgan fingerprint density at radius 3 is 3.00 bits per heavy atom.